The average Bonchev–Trinajstić information content (AvgIpc) is 1.11. The molecule has 0 aromatic heterocycles. The standard InChI is InChI=1S/C84H64F5NO20/c1-47-68(104-76(92)50-26-10-3-11-27-50)71(107-78(94)52-30-14-5-15-31-52)73(108-79(95)53-32-16-6-17-33-53)82(101-47)110-72-69(105-77(93)51-28-12-4-13-29-51)62(46-99-75(91)49-24-8-2-9-25-49)103-83(74(72)109-80(96)54-34-18-7-19-35-54)102-55-42-40-48(41-43-55)44-61(81(97)106-70-66(88)64(86)63(85)65(87)67(70)89)90-84(98)100-45-60-58-38-22-20-36-56(58)57-37-21-23-39-59(57)60/h2-43,47,60-62,68-69,71-74,82-83H,44-46H2,1H3,(H,90,98)/t47-,61-,62+,68-,69-,71+,72-,73+,74+,82-,83+/m0/s1. The summed E-state index contributed by atoms with van der Waals surface area (Å²) in [5.74, 6) is -22.8. The van der Waals surface area contributed by atoms with Crippen molar-refractivity contribution in [2.75, 3.05) is 13.2 Å². The van der Waals surface area contributed by atoms with Gasteiger partial charge in [0.05, 0.1) is 39.5 Å². The molecule has 0 radical (unpaired) electrons. The van der Waals surface area contributed by atoms with Gasteiger partial charge >= 0.3 is 47.9 Å². The van der Waals surface area contributed by atoms with E-state index in [2.05, 4.69) is 5.32 Å². The largest absolute Gasteiger partial charge is 0.461 e. The number of hydrogen-bond donors (Lipinski definition) is 1. The molecule has 0 saturated carbocycles. The minimum Gasteiger partial charge on any atom is -0.461 e. The number of esters is 7. The Balaban J connectivity index is 0.884. The van der Waals surface area contributed by atoms with Gasteiger partial charge < -0.3 is 62.2 Å². The van der Waals surface area contributed by atoms with E-state index < -0.39 is 169 Å². The number of alkyl carbamates (subject to hydrolysis) is 1. The van der Waals surface area contributed by atoms with Crippen LogP contribution in [0.25, 0.3) is 11.1 Å². The number of hydrogen-bond acceptors (Lipinski definition) is 20. The van der Waals surface area contributed by atoms with Crippen molar-refractivity contribution in [1.29, 1.82) is 0 Å². The maximum atomic E-state index is 15.2. The molecule has 10 aromatic rings. The third kappa shape index (κ3) is 17.2. The molecule has 10 aromatic carbocycles. The van der Waals surface area contributed by atoms with Gasteiger partial charge in [-0.2, -0.15) is 8.78 Å². The molecule has 2 saturated heterocycles. The smallest absolute Gasteiger partial charge is 0.407 e. The quantitative estimate of drug-likeness (QED) is 0.0147. The topological polar surface area (TPSA) is 259 Å². The second kappa shape index (κ2) is 34.3. The summed E-state index contributed by atoms with van der Waals surface area (Å²) in [5, 5.41) is 2.31. The van der Waals surface area contributed by atoms with Crippen LogP contribution in [-0.2, 0) is 58.6 Å². The van der Waals surface area contributed by atoms with Gasteiger partial charge in [-0.15, -0.1) is 0 Å². The Morgan fingerprint density at radius 2 is 0.764 bits per heavy atom. The van der Waals surface area contributed by atoms with Crippen LogP contribution in [0.3, 0.4) is 0 Å². The number of carbonyl (C=O) groups excluding carboxylic acids is 8. The summed E-state index contributed by atoms with van der Waals surface area (Å²) >= 11 is 0. The minimum atomic E-state index is -2.54. The molecule has 26 heteroatoms. The number of halogens is 5. The van der Waals surface area contributed by atoms with Crippen LogP contribution in [0.15, 0.2) is 255 Å². The van der Waals surface area contributed by atoms with E-state index in [1.165, 1.54) is 140 Å². The van der Waals surface area contributed by atoms with E-state index in [-0.39, 0.29) is 51.3 Å². The number of nitrogens with one attached hydrogen (secondary N) is 1. The first-order chi connectivity index (χ1) is 53.3. The van der Waals surface area contributed by atoms with Crippen molar-refractivity contribution >= 4 is 47.9 Å². The number of fused-ring (bicyclic) bond motifs is 3. The summed E-state index contributed by atoms with van der Waals surface area (Å²) in [7, 11) is 0. The maximum Gasteiger partial charge on any atom is 0.407 e. The molecule has 11 atom stereocenters. The first-order valence-corrected chi connectivity index (χ1v) is 34.4. The Hall–Kier alpha value is -12.9. The zero-order valence-electron chi connectivity index (χ0n) is 57.9. The molecule has 0 unspecified atom stereocenters. The Labute approximate surface area is 624 Å². The second-order valence-corrected chi connectivity index (χ2v) is 25.3. The molecular formula is C84H64F5NO20. The van der Waals surface area contributed by atoms with Gasteiger partial charge in [-0.25, -0.2) is 51.5 Å². The van der Waals surface area contributed by atoms with Crippen LogP contribution < -0.4 is 14.8 Å². The average molecular weight is 1500 g/mol. The highest BCUT2D eigenvalue weighted by atomic mass is 19.2. The molecule has 1 aliphatic carbocycles. The van der Waals surface area contributed by atoms with E-state index in [1.54, 1.807) is 84.9 Å². The summed E-state index contributed by atoms with van der Waals surface area (Å²) in [6, 6.07) is 63.5. The number of carbonyl (C=O) groups is 8. The molecule has 13 rings (SSSR count). The predicted octanol–water partition coefficient (Wildman–Crippen LogP) is 13.7. The molecule has 1 N–H and O–H groups in total. The Bertz CT molecular complexity index is 4900. The monoisotopic (exact) mass is 1500 g/mol. The summed E-state index contributed by atoms with van der Waals surface area (Å²) in [4.78, 5) is 115. The molecule has 2 heterocycles. The van der Waals surface area contributed by atoms with E-state index in [0.717, 1.165) is 22.3 Å². The summed E-state index contributed by atoms with van der Waals surface area (Å²) in [6.07, 6.45) is -20.7. The molecule has 2 aliphatic heterocycles. The zero-order valence-corrected chi connectivity index (χ0v) is 57.9. The molecule has 560 valence electrons. The van der Waals surface area contributed by atoms with E-state index in [1.807, 2.05) is 36.4 Å². The normalized spacial score (nSPS) is 20.0. The van der Waals surface area contributed by atoms with Gasteiger partial charge in [0, 0.05) is 12.3 Å². The van der Waals surface area contributed by atoms with Gasteiger partial charge in [0.15, 0.2) is 36.8 Å². The van der Waals surface area contributed by atoms with E-state index in [4.69, 9.17) is 56.8 Å². The zero-order chi connectivity index (χ0) is 77.0. The van der Waals surface area contributed by atoms with Gasteiger partial charge in [0.25, 0.3) is 0 Å². The molecule has 2 fully saturated rings. The third-order valence-electron chi connectivity index (χ3n) is 18.2. The van der Waals surface area contributed by atoms with Crippen molar-refractivity contribution in [2.24, 2.45) is 0 Å². The maximum absolute atomic E-state index is 15.2. The fourth-order valence-electron chi connectivity index (χ4n) is 12.7. The molecule has 110 heavy (non-hydrogen) atoms. The number of benzene rings is 10. The predicted molar refractivity (Wildman–Crippen MR) is 377 cm³/mol. The SMILES string of the molecule is C[C@@H]1O[C@@H](O[C@H]2[C@@H](OC(=O)c3ccccc3)[C@@H](COC(=O)c3ccccc3)O[C@@H](Oc3ccc(C[C@H](NC(=O)OCC4c5ccccc5-c5ccccc54)C(=O)Oc4c(F)c(F)c(F)c(F)c4F)cc3)[C@@H]2OC(=O)c2ccccc2)[C@H](OC(=O)c2ccccc2)[C@H](OC(=O)c2ccccc2)[C@H]1OC(=O)c1ccccc1. The lowest BCUT2D eigenvalue weighted by Crippen LogP contribution is -2.67. The van der Waals surface area contributed by atoms with Crippen molar-refractivity contribution < 1.29 is 117 Å². The second-order valence-electron chi connectivity index (χ2n) is 25.3. The molecule has 1 amide bonds. The van der Waals surface area contributed by atoms with Gasteiger partial charge in [0.1, 0.15) is 37.2 Å². The highest BCUT2D eigenvalue weighted by molar-refractivity contribution is 5.93. The first kappa shape index (κ1) is 75.3. The van der Waals surface area contributed by atoms with E-state index in [0.29, 0.717) is 0 Å². The number of rotatable bonds is 24. The molecule has 0 spiro atoms. The van der Waals surface area contributed by atoms with Crippen molar-refractivity contribution in [2.45, 2.75) is 86.7 Å². The first-order valence-electron chi connectivity index (χ1n) is 34.4. The van der Waals surface area contributed by atoms with Crippen LogP contribution in [0.2, 0.25) is 0 Å². The van der Waals surface area contributed by atoms with Crippen LogP contribution in [0.1, 0.15) is 91.7 Å². The summed E-state index contributed by atoms with van der Waals surface area (Å²) in [5.41, 5.74) is 3.40. The van der Waals surface area contributed by atoms with Gasteiger partial charge in [-0.3, -0.25) is 0 Å². The van der Waals surface area contributed by atoms with Crippen molar-refractivity contribution in [3.8, 4) is 22.6 Å². The Morgan fingerprint density at radius 3 is 1.22 bits per heavy atom. The van der Waals surface area contributed by atoms with E-state index in [9.17, 15) is 51.5 Å². The highest BCUT2D eigenvalue weighted by Crippen LogP contribution is 2.45. The van der Waals surface area contributed by atoms with Crippen LogP contribution in [0.5, 0.6) is 11.5 Å². The fourth-order valence-corrected chi connectivity index (χ4v) is 12.7. The summed E-state index contributed by atoms with van der Waals surface area (Å²) in [6.45, 7) is 0.307. The minimum absolute atomic E-state index is 0.00472. The van der Waals surface area contributed by atoms with Gasteiger partial charge in [0.2, 0.25) is 41.1 Å². The van der Waals surface area contributed by atoms with Crippen LogP contribution in [-0.4, -0.2) is 129 Å². The molecule has 3 aliphatic rings. The van der Waals surface area contributed by atoms with Crippen molar-refractivity contribution in [3.05, 3.63) is 334 Å². The lowest BCUT2D eigenvalue weighted by molar-refractivity contribution is -0.346. The fraction of sp³-hybridized carbons (Fsp3) is 0.190. The van der Waals surface area contributed by atoms with Gasteiger partial charge in [-0.05, 0) is 120 Å². The van der Waals surface area contributed by atoms with Crippen LogP contribution in [0, 0.1) is 29.1 Å². The molecular weight excluding hydrogens is 1440 g/mol. The molecule has 0 bridgehead atoms. The Morgan fingerprint density at radius 1 is 0.382 bits per heavy atom. The lowest BCUT2D eigenvalue weighted by Gasteiger charge is -2.48. The van der Waals surface area contributed by atoms with Crippen LogP contribution >= 0.6 is 0 Å². The third-order valence-corrected chi connectivity index (χ3v) is 18.2. The Kier molecular flexibility index (Phi) is 23.5. The van der Waals surface area contributed by atoms with Crippen molar-refractivity contribution in [1.82, 2.24) is 5.32 Å². The van der Waals surface area contributed by atoms with Crippen LogP contribution in [0.4, 0.5) is 26.7 Å². The number of ether oxygens (including phenoxy) is 12. The lowest BCUT2D eigenvalue weighted by atomic mass is 9.95. The number of amides is 1. The van der Waals surface area contributed by atoms with E-state index >= 15 is 8.78 Å². The van der Waals surface area contributed by atoms with Crippen molar-refractivity contribution in [3.63, 3.8) is 0 Å². The molecule has 21 nitrogen and oxygen atoms in total. The highest BCUT2D eigenvalue weighted by Gasteiger charge is 2.58. The van der Waals surface area contributed by atoms with Gasteiger partial charge in [-0.1, -0.05) is 170 Å². The summed E-state index contributed by atoms with van der Waals surface area (Å²) < 4.78 is 149.